The zero-order chi connectivity index (χ0) is 12.1. The molecule has 84 valence electrons. The predicted octanol–water partition coefficient (Wildman–Crippen LogP) is 0.513. The van der Waals surface area contributed by atoms with Gasteiger partial charge in [-0.2, -0.15) is 5.26 Å². The van der Waals surface area contributed by atoms with Crippen LogP contribution < -0.4 is 0 Å². The highest BCUT2D eigenvalue weighted by Gasteiger charge is 2.20. The Labute approximate surface area is 92.2 Å². The number of phenols is 1. The van der Waals surface area contributed by atoms with Crippen LogP contribution in [0.25, 0.3) is 0 Å². The van der Waals surface area contributed by atoms with Gasteiger partial charge in [-0.25, -0.2) is 0 Å². The van der Waals surface area contributed by atoms with E-state index in [1.54, 1.807) is 6.07 Å². The van der Waals surface area contributed by atoms with Gasteiger partial charge in [-0.15, -0.1) is 0 Å². The van der Waals surface area contributed by atoms with Crippen LogP contribution in [-0.4, -0.2) is 27.7 Å². The number of nitriles is 1. The number of benzene rings is 1. The minimum Gasteiger partial charge on any atom is -0.508 e. The highest BCUT2D eigenvalue weighted by molar-refractivity contribution is 5.78. The molecule has 5 heteroatoms. The fourth-order valence-electron chi connectivity index (χ4n) is 1.35. The Morgan fingerprint density at radius 3 is 2.69 bits per heavy atom. The van der Waals surface area contributed by atoms with E-state index < -0.39 is 12.2 Å². The molecule has 0 aliphatic carbocycles. The van der Waals surface area contributed by atoms with E-state index in [0.29, 0.717) is 6.29 Å². The average Bonchev–Trinajstić information content (AvgIpc) is 2.28. The van der Waals surface area contributed by atoms with E-state index in [1.807, 2.05) is 0 Å². The summed E-state index contributed by atoms with van der Waals surface area (Å²) in [5.41, 5.74) is 0.278. The Bertz CT molecular complexity index is 424. The third-order valence-corrected chi connectivity index (χ3v) is 2.18. The van der Waals surface area contributed by atoms with Gasteiger partial charge in [0.25, 0.3) is 0 Å². The number of carbonyl (C=O) groups is 1. The number of aldehydes is 1. The molecule has 16 heavy (non-hydrogen) atoms. The van der Waals surface area contributed by atoms with Crippen LogP contribution in [-0.2, 0) is 0 Å². The van der Waals surface area contributed by atoms with Crippen LogP contribution in [0.3, 0.4) is 0 Å². The fraction of sp³-hybridized carbons (Fsp3) is 0.273. The summed E-state index contributed by atoms with van der Waals surface area (Å²) in [7, 11) is 0. The van der Waals surface area contributed by atoms with Gasteiger partial charge in [0, 0.05) is 5.56 Å². The van der Waals surface area contributed by atoms with Crippen molar-refractivity contribution in [2.45, 2.75) is 18.6 Å². The number of aliphatic hydroxyl groups excluding tert-OH is 2. The topological polar surface area (TPSA) is 102 Å². The first kappa shape index (κ1) is 12.2. The van der Waals surface area contributed by atoms with Gasteiger partial charge in [0.1, 0.15) is 11.9 Å². The number of hydrogen-bond donors (Lipinski definition) is 3. The van der Waals surface area contributed by atoms with Crippen LogP contribution >= 0.6 is 0 Å². The summed E-state index contributed by atoms with van der Waals surface area (Å²) in [4.78, 5) is 10.7. The zero-order valence-electron chi connectivity index (χ0n) is 8.37. The number of carbonyl (C=O) groups excluding carboxylic acids is 1. The molecule has 1 aromatic rings. The Morgan fingerprint density at radius 1 is 1.44 bits per heavy atom. The summed E-state index contributed by atoms with van der Waals surface area (Å²) in [6, 6.07) is 5.54. The normalized spacial score (nSPS) is 13.8. The van der Waals surface area contributed by atoms with Crippen molar-refractivity contribution in [2.24, 2.45) is 0 Å². The summed E-state index contributed by atoms with van der Waals surface area (Å²) >= 11 is 0. The lowest BCUT2D eigenvalue weighted by Crippen LogP contribution is -2.18. The second-order valence-corrected chi connectivity index (χ2v) is 3.31. The average molecular weight is 221 g/mol. The molecule has 0 saturated carbocycles. The molecule has 0 fully saturated rings. The molecule has 3 N–H and O–H groups in total. The van der Waals surface area contributed by atoms with E-state index in [2.05, 4.69) is 0 Å². The van der Waals surface area contributed by atoms with Gasteiger partial charge in [0.2, 0.25) is 0 Å². The Kier molecular flexibility index (Phi) is 4.00. The lowest BCUT2D eigenvalue weighted by atomic mass is 9.98. The highest BCUT2D eigenvalue weighted by Crippen LogP contribution is 2.24. The van der Waals surface area contributed by atoms with E-state index in [-0.39, 0.29) is 23.3 Å². The SMILES string of the molecule is N#CCC(O)C(O)c1ccc(O)cc1C=O. The molecule has 0 amide bonds. The van der Waals surface area contributed by atoms with E-state index >= 15 is 0 Å². The van der Waals surface area contributed by atoms with Crippen LogP contribution in [0.5, 0.6) is 5.75 Å². The number of aromatic hydroxyl groups is 1. The quantitative estimate of drug-likeness (QED) is 0.643. The summed E-state index contributed by atoms with van der Waals surface area (Å²) in [5, 5.41) is 36.6. The van der Waals surface area contributed by atoms with Gasteiger partial charge in [-0.05, 0) is 17.7 Å². The van der Waals surface area contributed by atoms with E-state index in [1.165, 1.54) is 18.2 Å². The Hall–Kier alpha value is -1.90. The first-order valence-corrected chi connectivity index (χ1v) is 4.61. The van der Waals surface area contributed by atoms with E-state index in [0.717, 1.165) is 0 Å². The standard InChI is InChI=1S/C11H11NO4/c12-4-3-10(15)11(16)9-2-1-8(14)5-7(9)6-13/h1-2,5-6,10-11,14-16H,3H2. The summed E-state index contributed by atoms with van der Waals surface area (Å²) in [6.07, 6.45) is -2.34. The van der Waals surface area contributed by atoms with E-state index in [9.17, 15) is 15.0 Å². The van der Waals surface area contributed by atoms with Gasteiger partial charge in [0.15, 0.2) is 6.29 Å². The molecule has 2 unspecified atom stereocenters. The van der Waals surface area contributed by atoms with Gasteiger partial charge < -0.3 is 15.3 Å². The molecule has 0 radical (unpaired) electrons. The third kappa shape index (κ3) is 2.57. The number of aliphatic hydroxyl groups is 2. The van der Waals surface area contributed by atoms with Crippen molar-refractivity contribution in [2.75, 3.05) is 0 Å². The molecule has 0 aliphatic heterocycles. The molecule has 0 heterocycles. The van der Waals surface area contributed by atoms with Gasteiger partial charge >= 0.3 is 0 Å². The number of hydrogen-bond acceptors (Lipinski definition) is 5. The minimum absolute atomic E-state index is 0.0875. The van der Waals surface area contributed by atoms with Gasteiger partial charge in [0.05, 0.1) is 18.6 Å². The number of rotatable bonds is 4. The second kappa shape index (κ2) is 5.26. The molecule has 0 bridgehead atoms. The molecular weight excluding hydrogens is 210 g/mol. The van der Waals surface area contributed by atoms with Crippen molar-refractivity contribution >= 4 is 6.29 Å². The molecule has 5 nitrogen and oxygen atoms in total. The summed E-state index contributed by atoms with van der Waals surface area (Å²) in [6.45, 7) is 0. The largest absolute Gasteiger partial charge is 0.508 e. The monoisotopic (exact) mass is 221 g/mol. The van der Waals surface area contributed by atoms with Crippen molar-refractivity contribution < 1.29 is 20.1 Å². The van der Waals surface area contributed by atoms with Crippen molar-refractivity contribution in [3.8, 4) is 11.8 Å². The minimum atomic E-state index is -1.32. The Morgan fingerprint density at radius 2 is 2.12 bits per heavy atom. The van der Waals surface area contributed by atoms with Gasteiger partial charge in [-0.3, -0.25) is 4.79 Å². The Balaban J connectivity index is 3.03. The van der Waals surface area contributed by atoms with Crippen LogP contribution in [0.1, 0.15) is 28.4 Å². The van der Waals surface area contributed by atoms with Crippen molar-refractivity contribution in [1.29, 1.82) is 5.26 Å². The fourth-order valence-corrected chi connectivity index (χ4v) is 1.35. The van der Waals surface area contributed by atoms with Crippen molar-refractivity contribution in [1.82, 2.24) is 0 Å². The van der Waals surface area contributed by atoms with Gasteiger partial charge in [-0.1, -0.05) is 6.07 Å². The predicted molar refractivity (Wildman–Crippen MR) is 54.7 cm³/mol. The first-order chi connectivity index (χ1) is 7.60. The molecule has 0 aliphatic rings. The molecule has 2 atom stereocenters. The zero-order valence-corrected chi connectivity index (χ0v) is 8.37. The van der Waals surface area contributed by atoms with Crippen LogP contribution in [0.2, 0.25) is 0 Å². The van der Waals surface area contributed by atoms with E-state index in [4.69, 9.17) is 10.4 Å². The van der Waals surface area contributed by atoms with Crippen molar-refractivity contribution in [3.05, 3.63) is 29.3 Å². The highest BCUT2D eigenvalue weighted by atomic mass is 16.3. The molecular formula is C11H11NO4. The lowest BCUT2D eigenvalue weighted by Gasteiger charge is -2.17. The summed E-state index contributed by atoms with van der Waals surface area (Å²) < 4.78 is 0. The molecule has 0 spiro atoms. The number of phenolic OH excluding ortho intramolecular Hbond substituents is 1. The van der Waals surface area contributed by atoms with Crippen LogP contribution in [0, 0.1) is 11.3 Å². The summed E-state index contributed by atoms with van der Waals surface area (Å²) in [5.74, 6) is -0.104. The molecule has 1 aromatic carbocycles. The van der Waals surface area contributed by atoms with Crippen LogP contribution in [0.15, 0.2) is 18.2 Å². The number of nitrogens with zero attached hydrogens (tertiary/aromatic N) is 1. The molecule has 0 saturated heterocycles. The van der Waals surface area contributed by atoms with Crippen molar-refractivity contribution in [3.63, 3.8) is 0 Å². The first-order valence-electron chi connectivity index (χ1n) is 4.61. The maximum atomic E-state index is 10.7. The molecule has 0 aromatic heterocycles. The van der Waals surface area contributed by atoms with Crippen LogP contribution in [0.4, 0.5) is 0 Å². The lowest BCUT2D eigenvalue weighted by molar-refractivity contribution is 0.0212. The molecule has 1 rings (SSSR count). The maximum Gasteiger partial charge on any atom is 0.150 e. The smallest absolute Gasteiger partial charge is 0.150 e. The third-order valence-electron chi connectivity index (χ3n) is 2.18. The second-order valence-electron chi connectivity index (χ2n) is 3.31. The maximum absolute atomic E-state index is 10.7.